The molecule has 40 valence electrons. The minimum absolute atomic E-state index is 0.0104. The number of hydrogen-bond acceptors (Lipinski definition) is 3. The van der Waals surface area contributed by atoms with Crippen LogP contribution in [0, 0.1) is 5.41 Å². The molecule has 0 bridgehead atoms. The summed E-state index contributed by atoms with van der Waals surface area (Å²) in [6, 6.07) is 0. The fourth-order valence-electron chi connectivity index (χ4n) is 0.113. The highest BCUT2D eigenvalue weighted by Gasteiger charge is 1.90. The minimum atomic E-state index is -0.881. The standard InChI is InChI=1S/C3H5NO2S/c4-2-7-1-3(5)6/h2,4H,1H2,(H,5,6). The van der Waals surface area contributed by atoms with Gasteiger partial charge in [0.15, 0.2) is 0 Å². The summed E-state index contributed by atoms with van der Waals surface area (Å²) in [6.45, 7) is 0. The first-order valence-corrected chi connectivity index (χ1v) is 2.64. The Labute approximate surface area is 45.2 Å². The summed E-state index contributed by atoms with van der Waals surface area (Å²) in [5.74, 6) is -0.891. The van der Waals surface area contributed by atoms with E-state index in [-0.39, 0.29) is 5.75 Å². The van der Waals surface area contributed by atoms with E-state index < -0.39 is 5.97 Å². The third-order valence-electron chi connectivity index (χ3n) is 0.290. The minimum Gasteiger partial charge on any atom is -0.481 e. The predicted octanol–water partition coefficient (Wildman–Crippen LogP) is 0.411. The molecule has 0 fully saturated rings. The maximum absolute atomic E-state index is 9.63. The number of hydrogen-bond donors (Lipinski definition) is 2. The second-order valence-electron chi connectivity index (χ2n) is 0.823. The summed E-state index contributed by atoms with van der Waals surface area (Å²) in [4.78, 5) is 9.63. The molecule has 0 spiro atoms. The molecular weight excluding hydrogens is 114 g/mol. The summed E-state index contributed by atoms with van der Waals surface area (Å²) in [7, 11) is 0. The Morgan fingerprint density at radius 1 is 2.00 bits per heavy atom. The van der Waals surface area contributed by atoms with E-state index >= 15 is 0 Å². The van der Waals surface area contributed by atoms with Gasteiger partial charge in [0.25, 0.3) is 0 Å². The second-order valence-corrected chi connectivity index (χ2v) is 1.68. The summed E-state index contributed by atoms with van der Waals surface area (Å²) in [5, 5.41) is 14.3. The van der Waals surface area contributed by atoms with Crippen molar-refractivity contribution in [1.82, 2.24) is 0 Å². The maximum Gasteiger partial charge on any atom is 0.313 e. The number of carbonyl (C=O) groups is 1. The number of aliphatic carboxylic acids is 1. The SMILES string of the molecule is N=CSCC(=O)O. The van der Waals surface area contributed by atoms with Crippen LogP contribution < -0.4 is 0 Å². The van der Waals surface area contributed by atoms with Crippen LogP contribution in [0.15, 0.2) is 0 Å². The molecule has 0 amide bonds. The van der Waals surface area contributed by atoms with Gasteiger partial charge in [0, 0.05) is 0 Å². The Kier molecular flexibility index (Phi) is 3.40. The fourth-order valence-corrected chi connectivity index (χ4v) is 0.339. The third-order valence-corrected chi connectivity index (χ3v) is 0.870. The van der Waals surface area contributed by atoms with Crippen LogP contribution in [0.25, 0.3) is 0 Å². The van der Waals surface area contributed by atoms with Crippen molar-refractivity contribution in [3.63, 3.8) is 0 Å². The molecule has 0 atom stereocenters. The van der Waals surface area contributed by atoms with Crippen LogP contribution in [0.3, 0.4) is 0 Å². The predicted molar refractivity (Wildman–Crippen MR) is 28.9 cm³/mol. The van der Waals surface area contributed by atoms with Crippen LogP contribution in [0.5, 0.6) is 0 Å². The van der Waals surface area contributed by atoms with Gasteiger partial charge in [-0.1, -0.05) is 0 Å². The topological polar surface area (TPSA) is 61.2 Å². The number of nitrogens with one attached hydrogen (secondary N) is 1. The molecule has 0 aliphatic carbocycles. The molecule has 3 nitrogen and oxygen atoms in total. The monoisotopic (exact) mass is 119 g/mol. The molecule has 0 aromatic carbocycles. The van der Waals surface area contributed by atoms with Gasteiger partial charge in [-0.2, -0.15) is 0 Å². The number of thioether (sulfide) groups is 1. The highest BCUT2D eigenvalue weighted by molar-refractivity contribution is 8.12. The van der Waals surface area contributed by atoms with E-state index in [0.29, 0.717) is 0 Å². The van der Waals surface area contributed by atoms with Gasteiger partial charge in [0.1, 0.15) is 0 Å². The highest BCUT2D eigenvalue weighted by Crippen LogP contribution is 1.89. The van der Waals surface area contributed by atoms with Crippen molar-refractivity contribution in [3.8, 4) is 0 Å². The molecule has 0 heterocycles. The van der Waals surface area contributed by atoms with Crippen LogP contribution >= 0.6 is 11.8 Å². The smallest absolute Gasteiger partial charge is 0.313 e. The third kappa shape index (κ3) is 5.49. The zero-order chi connectivity index (χ0) is 5.70. The molecule has 0 aliphatic heterocycles. The number of carboxylic acid groups (broad SMARTS) is 1. The van der Waals surface area contributed by atoms with Crippen LogP contribution in [-0.2, 0) is 4.79 Å². The van der Waals surface area contributed by atoms with Crippen molar-refractivity contribution < 1.29 is 9.90 Å². The Hall–Kier alpha value is -0.510. The Morgan fingerprint density at radius 3 is 2.71 bits per heavy atom. The summed E-state index contributed by atoms with van der Waals surface area (Å²) in [5.41, 5.74) is 1.01. The van der Waals surface area contributed by atoms with Gasteiger partial charge in [0.05, 0.1) is 11.3 Å². The molecule has 0 radical (unpaired) electrons. The Balaban J connectivity index is 2.97. The number of rotatable bonds is 3. The molecule has 0 unspecified atom stereocenters. The number of carboxylic acids is 1. The van der Waals surface area contributed by atoms with Gasteiger partial charge < -0.3 is 10.5 Å². The lowest BCUT2D eigenvalue weighted by atomic mass is 10.8. The molecule has 0 aromatic rings. The zero-order valence-electron chi connectivity index (χ0n) is 3.55. The van der Waals surface area contributed by atoms with E-state index in [4.69, 9.17) is 10.5 Å². The molecule has 0 saturated heterocycles. The first-order chi connectivity index (χ1) is 3.27. The van der Waals surface area contributed by atoms with E-state index in [1.54, 1.807) is 0 Å². The van der Waals surface area contributed by atoms with Crippen molar-refractivity contribution >= 4 is 23.3 Å². The van der Waals surface area contributed by atoms with E-state index in [2.05, 4.69) is 0 Å². The van der Waals surface area contributed by atoms with Gasteiger partial charge in [-0.15, -0.1) is 11.8 Å². The van der Waals surface area contributed by atoms with Crippen molar-refractivity contribution in [2.24, 2.45) is 0 Å². The average Bonchev–Trinajstić information content (AvgIpc) is 1.61. The van der Waals surface area contributed by atoms with E-state index in [1.165, 1.54) is 0 Å². The summed E-state index contributed by atoms with van der Waals surface area (Å²) >= 11 is 0.958. The molecule has 0 aliphatic rings. The van der Waals surface area contributed by atoms with Crippen molar-refractivity contribution in [1.29, 1.82) is 5.41 Å². The van der Waals surface area contributed by atoms with Gasteiger partial charge in [-0.25, -0.2) is 0 Å². The Morgan fingerprint density at radius 2 is 2.57 bits per heavy atom. The van der Waals surface area contributed by atoms with Crippen LogP contribution in [0.2, 0.25) is 0 Å². The quantitative estimate of drug-likeness (QED) is 0.418. The van der Waals surface area contributed by atoms with Crippen molar-refractivity contribution in [3.05, 3.63) is 0 Å². The first kappa shape index (κ1) is 6.49. The Bertz CT molecular complexity index is 83.0. The van der Waals surface area contributed by atoms with E-state index in [1.807, 2.05) is 0 Å². The zero-order valence-corrected chi connectivity index (χ0v) is 4.36. The molecule has 4 heteroatoms. The van der Waals surface area contributed by atoms with Crippen molar-refractivity contribution in [2.75, 3.05) is 5.75 Å². The molecule has 0 aromatic heterocycles. The average molecular weight is 119 g/mol. The van der Waals surface area contributed by atoms with E-state index in [0.717, 1.165) is 17.3 Å². The lowest BCUT2D eigenvalue weighted by molar-refractivity contribution is -0.133. The molecule has 7 heavy (non-hydrogen) atoms. The van der Waals surface area contributed by atoms with Gasteiger partial charge in [-0.3, -0.25) is 4.79 Å². The highest BCUT2D eigenvalue weighted by atomic mass is 32.2. The lowest BCUT2D eigenvalue weighted by Gasteiger charge is -1.81. The second kappa shape index (κ2) is 3.67. The van der Waals surface area contributed by atoms with Crippen LogP contribution in [0.1, 0.15) is 0 Å². The maximum atomic E-state index is 9.63. The van der Waals surface area contributed by atoms with Crippen LogP contribution in [0.4, 0.5) is 0 Å². The first-order valence-electron chi connectivity index (χ1n) is 1.59. The summed E-state index contributed by atoms with van der Waals surface area (Å²) < 4.78 is 0. The van der Waals surface area contributed by atoms with Gasteiger partial charge >= 0.3 is 5.97 Å². The van der Waals surface area contributed by atoms with Crippen LogP contribution in [-0.4, -0.2) is 22.4 Å². The molecule has 2 N–H and O–H groups in total. The van der Waals surface area contributed by atoms with E-state index in [9.17, 15) is 4.79 Å². The summed E-state index contributed by atoms with van der Waals surface area (Å²) in [6.07, 6.45) is 0. The largest absolute Gasteiger partial charge is 0.481 e. The van der Waals surface area contributed by atoms with Gasteiger partial charge in [-0.05, 0) is 0 Å². The molecular formula is C3H5NO2S. The fraction of sp³-hybridized carbons (Fsp3) is 0.333. The molecule has 0 saturated carbocycles. The normalized spacial score (nSPS) is 8.00. The lowest BCUT2D eigenvalue weighted by Crippen LogP contribution is -1.96. The van der Waals surface area contributed by atoms with Crippen molar-refractivity contribution in [2.45, 2.75) is 0 Å². The molecule has 0 rings (SSSR count). The van der Waals surface area contributed by atoms with Gasteiger partial charge in [0.2, 0.25) is 0 Å².